The van der Waals surface area contributed by atoms with Crippen LogP contribution in [0.2, 0.25) is 0 Å². The van der Waals surface area contributed by atoms with Crippen molar-refractivity contribution in [2.75, 3.05) is 13.1 Å². The van der Waals surface area contributed by atoms with Gasteiger partial charge in [-0.3, -0.25) is 4.90 Å². The third kappa shape index (κ3) is 6.83. The lowest BCUT2D eigenvalue weighted by Crippen LogP contribution is -2.33. The van der Waals surface area contributed by atoms with E-state index < -0.39 is 0 Å². The number of hydrogen-bond acceptors (Lipinski definition) is 1. The minimum atomic E-state index is 0.439. The molecule has 0 aromatic carbocycles. The maximum absolute atomic E-state index is 3.79. The molecule has 13 heavy (non-hydrogen) atoms. The van der Waals surface area contributed by atoms with E-state index in [9.17, 15) is 0 Å². The molecular formula is C12H25N. The van der Waals surface area contributed by atoms with Crippen molar-refractivity contribution in [2.45, 2.75) is 47.1 Å². The zero-order valence-electron chi connectivity index (χ0n) is 9.93. The molecule has 0 heterocycles. The first-order valence-electron chi connectivity index (χ1n) is 5.22. The molecule has 0 atom stereocenters. The van der Waals surface area contributed by atoms with E-state index in [1.807, 2.05) is 6.08 Å². The van der Waals surface area contributed by atoms with Gasteiger partial charge in [-0.05, 0) is 32.2 Å². The van der Waals surface area contributed by atoms with Crippen molar-refractivity contribution < 1.29 is 0 Å². The summed E-state index contributed by atoms with van der Waals surface area (Å²) in [5.41, 5.74) is 0.439. The summed E-state index contributed by atoms with van der Waals surface area (Å²) in [6.07, 6.45) is 3.24. The van der Waals surface area contributed by atoms with Crippen LogP contribution in [0.5, 0.6) is 0 Å². The second-order valence-electron chi connectivity index (χ2n) is 5.19. The van der Waals surface area contributed by atoms with Gasteiger partial charge in [-0.1, -0.05) is 26.8 Å². The average molecular weight is 183 g/mol. The summed E-state index contributed by atoms with van der Waals surface area (Å²) in [5.74, 6) is 0. The Morgan fingerprint density at radius 2 is 1.85 bits per heavy atom. The van der Waals surface area contributed by atoms with Gasteiger partial charge in [0, 0.05) is 12.6 Å². The lowest BCUT2D eigenvalue weighted by atomic mass is 9.92. The molecule has 0 aliphatic rings. The monoisotopic (exact) mass is 183 g/mol. The van der Waals surface area contributed by atoms with Crippen molar-refractivity contribution in [1.29, 1.82) is 0 Å². The van der Waals surface area contributed by atoms with E-state index in [1.54, 1.807) is 0 Å². The highest BCUT2D eigenvalue weighted by atomic mass is 15.1. The molecule has 0 amide bonds. The predicted molar refractivity (Wildman–Crippen MR) is 61.0 cm³/mol. The molecule has 0 bridgehead atoms. The summed E-state index contributed by atoms with van der Waals surface area (Å²) in [4.78, 5) is 2.46. The molecule has 0 aromatic heterocycles. The SMILES string of the molecule is C=CCN(CCC(C)(C)C)C(C)C. The van der Waals surface area contributed by atoms with Crippen molar-refractivity contribution in [3.63, 3.8) is 0 Å². The Hall–Kier alpha value is -0.300. The van der Waals surface area contributed by atoms with Crippen LogP contribution in [0.3, 0.4) is 0 Å². The van der Waals surface area contributed by atoms with E-state index in [1.165, 1.54) is 13.0 Å². The topological polar surface area (TPSA) is 3.24 Å². The molecule has 1 heteroatoms. The van der Waals surface area contributed by atoms with Gasteiger partial charge in [0.2, 0.25) is 0 Å². The van der Waals surface area contributed by atoms with Crippen LogP contribution in [-0.4, -0.2) is 24.0 Å². The Bertz CT molecular complexity index is 142. The minimum Gasteiger partial charge on any atom is -0.297 e. The van der Waals surface area contributed by atoms with E-state index in [0.717, 1.165) is 6.54 Å². The number of nitrogens with zero attached hydrogens (tertiary/aromatic N) is 1. The Morgan fingerprint density at radius 3 is 2.15 bits per heavy atom. The summed E-state index contributed by atoms with van der Waals surface area (Å²) in [6.45, 7) is 17.3. The highest BCUT2D eigenvalue weighted by Crippen LogP contribution is 2.19. The first-order chi connectivity index (χ1) is 5.87. The molecule has 0 aliphatic carbocycles. The minimum absolute atomic E-state index is 0.439. The summed E-state index contributed by atoms with van der Waals surface area (Å²) >= 11 is 0. The zero-order valence-corrected chi connectivity index (χ0v) is 9.93. The summed E-state index contributed by atoms with van der Waals surface area (Å²) in [5, 5.41) is 0. The lowest BCUT2D eigenvalue weighted by molar-refractivity contribution is 0.207. The summed E-state index contributed by atoms with van der Waals surface area (Å²) in [7, 11) is 0. The van der Waals surface area contributed by atoms with E-state index in [2.05, 4.69) is 46.1 Å². The fourth-order valence-electron chi connectivity index (χ4n) is 1.21. The van der Waals surface area contributed by atoms with Crippen LogP contribution < -0.4 is 0 Å². The molecule has 0 unspecified atom stereocenters. The first-order valence-corrected chi connectivity index (χ1v) is 5.22. The molecule has 0 spiro atoms. The van der Waals surface area contributed by atoms with Crippen LogP contribution >= 0.6 is 0 Å². The van der Waals surface area contributed by atoms with E-state index in [0.29, 0.717) is 11.5 Å². The van der Waals surface area contributed by atoms with Gasteiger partial charge in [0.1, 0.15) is 0 Å². The molecule has 0 saturated heterocycles. The van der Waals surface area contributed by atoms with Gasteiger partial charge >= 0.3 is 0 Å². The quantitative estimate of drug-likeness (QED) is 0.591. The van der Waals surface area contributed by atoms with E-state index in [4.69, 9.17) is 0 Å². The van der Waals surface area contributed by atoms with Gasteiger partial charge in [0.05, 0.1) is 0 Å². The van der Waals surface area contributed by atoms with Gasteiger partial charge in [-0.15, -0.1) is 6.58 Å². The molecule has 1 nitrogen and oxygen atoms in total. The zero-order chi connectivity index (χ0) is 10.5. The molecule has 0 radical (unpaired) electrons. The van der Waals surface area contributed by atoms with Crippen molar-refractivity contribution in [1.82, 2.24) is 4.90 Å². The molecule has 0 saturated carbocycles. The lowest BCUT2D eigenvalue weighted by Gasteiger charge is -2.28. The Labute approximate surface area is 83.8 Å². The average Bonchev–Trinajstić information content (AvgIpc) is 1.95. The second kappa shape index (κ2) is 5.43. The fraction of sp³-hybridized carbons (Fsp3) is 0.833. The molecule has 0 fully saturated rings. The molecular weight excluding hydrogens is 158 g/mol. The van der Waals surface area contributed by atoms with Crippen LogP contribution in [0.4, 0.5) is 0 Å². The van der Waals surface area contributed by atoms with E-state index >= 15 is 0 Å². The molecule has 0 aromatic rings. The maximum Gasteiger partial charge on any atom is 0.0163 e. The summed E-state index contributed by atoms with van der Waals surface area (Å²) < 4.78 is 0. The number of rotatable bonds is 5. The van der Waals surface area contributed by atoms with Crippen LogP contribution in [0.15, 0.2) is 12.7 Å². The molecule has 78 valence electrons. The highest BCUT2D eigenvalue weighted by molar-refractivity contribution is 4.77. The Morgan fingerprint density at radius 1 is 1.31 bits per heavy atom. The largest absolute Gasteiger partial charge is 0.297 e. The van der Waals surface area contributed by atoms with Crippen molar-refractivity contribution >= 4 is 0 Å². The third-order valence-corrected chi connectivity index (χ3v) is 2.24. The first kappa shape index (κ1) is 12.7. The van der Waals surface area contributed by atoms with Crippen molar-refractivity contribution in [3.8, 4) is 0 Å². The van der Waals surface area contributed by atoms with Crippen molar-refractivity contribution in [2.24, 2.45) is 5.41 Å². The van der Waals surface area contributed by atoms with Crippen LogP contribution in [0, 0.1) is 5.41 Å². The Kier molecular flexibility index (Phi) is 5.31. The van der Waals surface area contributed by atoms with Gasteiger partial charge in [0.15, 0.2) is 0 Å². The standard InChI is InChI=1S/C12H25N/c1-7-9-13(11(2)3)10-8-12(4,5)6/h7,11H,1,8-10H2,2-6H3. The number of hydrogen-bond donors (Lipinski definition) is 0. The maximum atomic E-state index is 3.79. The predicted octanol–water partition coefficient (Wildman–Crippen LogP) is 3.32. The van der Waals surface area contributed by atoms with Gasteiger partial charge in [-0.2, -0.15) is 0 Å². The molecule has 0 rings (SSSR count). The van der Waals surface area contributed by atoms with Crippen LogP contribution in [0.25, 0.3) is 0 Å². The summed E-state index contributed by atoms with van der Waals surface area (Å²) in [6, 6.07) is 0.625. The van der Waals surface area contributed by atoms with Gasteiger partial charge in [-0.25, -0.2) is 0 Å². The van der Waals surface area contributed by atoms with Crippen molar-refractivity contribution in [3.05, 3.63) is 12.7 Å². The normalized spacial score (nSPS) is 12.5. The third-order valence-electron chi connectivity index (χ3n) is 2.24. The molecule has 0 aliphatic heterocycles. The Balaban J connectivity index is 3.89. The smallest absolute Gasteiger partial charge is 0.0163 e. The molecule has 0 N–H and O–H groups in total. The van der Waals surface area contributed by atoms with E-state index in [-0.39, 0.29) is 0 Å². The second-order valence-corrected chi connectivity index (χ2v) is 5.19. The fourth-order valence-corrected chi connectivity index (χ4v) is 1.21. The van der Waals surface area contributed by atoms with Gasteiger partial charge < -0.3 is 0 Å². The van der Waals surface area contributed by atoms with Gasteiger partial charge in [0.25, 0.3) is 0 Å². The highest BCUT2D eigenvalue weighted by Gasteiger charge is 2.14. The van der Waals surface area contributed by atoms with Crippen LogP contribution in [-0.2, 0) is 0 Å². The van der Waals surface area contributed by atoms with Crippen LogP contribution in [0.1, 0.15) is 41.0 Å².